The predicted octanol–water partition coefficient (Wildman–Crippen LogP) is -1.13. The molecule has 0 unspecified atom stereocenters. The topological polar surface area (TPSA) is 140 Å². The molecule has 1 aromatic heterocycles. The molecule has 1 aliphatic rings. The number of aromatic nitrogens is 3. The largest absolute Gasteiger partial charge is 0.368 e. The maximum absolute atomic E-state index is 11.4. The minimum Gasteiger partial charge on any atom is -0.368 e. The van der Waals surface area contributed by atoms with Gasteiger partial charge in [0, 0.05) is 19.1 Å². The molecule has 1 aromatic rings. The first-order chi connectivity index (χ1) is 8.84. The van der Waals surface area contributed by atoms with E-state index in [9.17, 15) is 8.42 Å². The second kappa shape index (κ2) is 5.13. The van der Waals surface area contributed by atoms with Crippen molar-refractivity contribution in [2.45, 2.75) is 18.9 Å². The number of nitrogens with zero attached hydrogens (tertiary/aromatic N) is 4. The lowest BCUT2D eigenvalue weighted by Gasteiger charge is -2.30. The number of nitrogen functional groups attached to an aromatic ring is 2. The maximum Gasteiger partial charge on any atom is 0.229 e. The van der Waals surface area contributed by atoms with Gasteiger partial charge in [-0.05, 0) is 12.8 Å². The number of nitrogens with two attached hydrogens (primary N) is 2. The highest BCUT2D eigenvalue weighted by atomic mass is 32.2. The van der Waals surface area contributed by atoms with E-state index in [0.717, 1.165) is 0 Å². The molecule has 0 atom stereocenters. The van der Waals surface area contributed by atoms with E-state index in [1.807, 2.05) is 0 Å². The van der Waals surface area contributed by atoms with Crippen molar-refractivity contribution in [3.8, 4) is 0 Å². The summed E-state index contributed by atoms with van der Waals surface area (Å²) in [5, 5.41) is 3.09. The zero-order chi connectivity index (χ0) is 14.0. The van der Waals surface area contributed by atoms with Gasteiger partial charge in [0.15, 0.2) is 0 Å². The van der Waals surface area contributed by atoms with Crippen molar-refractivity contribution in [1.82, 2.24) is 19.3 Å². The molecule has 9 nitrogen and oxygen atoms in total. The van der Waals surface area contributed by atoms with Crippen LogP contribution in [0.1, 0.15) is 12.8 Å². The Balaban J connectivity index is 1.96. The van der Waals surface area contributed by atoms with Crippen molar-refractivity contribution in [3.63, 3.8) is 0 Å². The summed E-state index contributed by atoms with van der Waals surface area (Å²) in [7, 11) is -3.11. The Bertz CT molecular complexity index is 533. The normalized spacial score (nSPS) is 18.4. The van der Waals surface area contributed by atoms with Crippen LogP contribution in [0.2, 0.25) is 0 Å². The van der Waals surface area contributed by atoms with Gasteiger partial charge in [0.25, 0.3) is 0 Å². The third-order valence-electron chi connectivity index (χ3n) is 2.93. The highest BCUT2D eigenvalue weighted by molar-refractivity contribution is 7.88. The van der Waals surface area contributed by atoms with Crippen molar-refractivity contribution in [2.75, 3.05) is 36.1 Å². The molecule has 2 heterocycles. The van der Waals surface area contributed by atoms with E-state index >= 15 is 0 Å². The molecule has 0 amide bonds. The molecule has 0 radical (unpaired) electrons. The first-order valence-corrected chi connectivity index (χ1v) is 7.68. The minimum absolute atomic E-state index is 0.0589. The van der Waals surface area contributed by atoms with Crippen LogP contribution in [-0.4, -0.2) is 53.1 Å². The van der Waals surface area contributed by atoms with Crippen LogP contribution < -0.4 is 16.8 Å². The van der Waals surface area contributed by atoms with E-state index < -0.39 is 10.0 Å². The van der Waals surface area contributed by atoms with Gasteiger partial charge in [0.05, 0.1) is 6.26 Å². The highest BCUT2D eigenvalue weighted by Gasteiger charge is 2.25. The van der Waals surface area contributed by atoms with Crippen molar-refractivity contribution in [2.24, 2.45) is 0 Å². The Labute approximate surface area is 111 Å². The first kappa shape index (κ1) is 13.7. The number of hydrogen-bond donors (Lipinski definition) is 3. The summed E-state index contributed by atoms with van der Waals surface area (Å²) in [5.74, 6) is 0.440. The first-order valence-electron chi connectivity index (χ1n) is 5.83. The number of rotatable bonds is 3. The van der Waals surface area contributed by atoms with Crippen LogP contribution in [-0.2, 0) is 10.0 Å². The molecule has 1 saturated heterocycles. The quantitative estimate of drug-likeness (QED) is 0.634. The summed E-state index contributed by atoms with van der Waals surface area (Å²) in [4.78, 5) is 11.5. The molecule has 106 valence electrons. The monoisotopic (exact) mass is 287 g/mol. The summed E-state index contributed by atoms with van der Waals surface area (Å²) in [6, 6.07) is 0.0965. The van der Waals surface area contributed by atoms with Crippen molar-refractivity contribution < 1.29 is 8.42 Å². The van der Waals surface area contributed by atoms with Crippen LogP contribution in [0.4, 0.5) is 17.8 Å². The van der Waals surface area contributed by atoms with E-state index in [1.54, 1.807) is 0 Å². The fraction of sp³-hybridized carbons (Fsp3) is 0.667. The van der Waals surface area contributed by atoms with Gasteiger partial charge in [-0.2, -0.15) is 15.0 Å². The lowest BCUT2D eigenvalue weighted by atomic mass is 10.1. The maximum atomic E-state index is 11.4. The lowest BCUT2D eigenvalue weighted by Crippen LogP contribution is -2.42. The number of nitrogens with one attached hydrogen (secondary N) is 1. The number of hydrogen-bond acceptors (Lipinski definition) is 8. The molecule has 2 rings (SSSR count). The number of anilines is 3. The Morgan fingerprint density at radius 1 is 1.16 bits per heavy atom. The van der Waals surface area contributed by atoms with Crippen LogP contribution in [0.15, 0.2) is 0 Å². The summed E-state index contributed by atoms with van der Waals surface area (Å²) >= 11 is 0. The standard InChI is InChI=1S/C9H17N7O2S/c1-19(17,18)16-4-2-6(3-5-16)12-9-14-7(10)13-8(11)15-9/h6H,2-5H2,1H3,(H5,10,11,12,13,14,15). The molecule has 1 fully saturated rings. The van der Waals surface area contributed by atoms with Crippen molar-refractivity contribution in [3.05, 3.63) is 0 Å². The second-order valence-electron chi connectivity index (χ2n) is 4.46. The average Bonchev–Trinajstić information content (AvgIpc) is 2.26. The van der Waals surface area contributed by atoms with E-state index in [4.69, 9.17) is 11.5 Å². The fourth-order valence-corrected chi connectivity index (χ4v) is 2.86. The van der Waals surface area contributed by atoms with Crippen LogP contribution in [0, 0.1) is 0 Å². The minimum atomic E-state index is -3.11. The summed E-state index contributed by atoms with van der Waals surface area (Å²) < 4.78 is 24.2. The number of piperidine rings is 1. The zero-order valence-corrected chi connectivity index (χ0v) is 11.4. The molecule has 0 spiro atoms. The van der Waals surface area contributed by atoms with Gasteiger partial charge in [-0.15, -0.1) is 0 Å². The molecule has 0 saturated carbocycles. The van der Waals surface area contributed by atoms with E-state index in [2.05, 4.69) is 20.3 Å². The van der Waals surface area contributed by atoms with Gasteiger partial charge in [-0.1, -0.05) is 0 Å². The predicted molar refractivity (Wildman–Crippen MR) is 71.7 cm³/mol. The molecule has 5 N–H and O–H groups in total. The van der Waals surface area contributed by atoms with Crippen molar-refractivity contribution in [1.29, 1.82) is 0 Å². The molecule has 19 heavy (non-hydrogen) atoms. The lowest BCUT2D eigenvalue weighted by molar-refractivity contribution is 0.331. The molecular formula is C9H17N7O2S. The summed E-state index contributed by atoms with van der Waals surface area (Å²) in [6.07, 6.45) is 2.57. The van der Waals surface area contributed by atoms with E-state index in [1.165, 1.54) is 10.6 Å². The summed E-state index contributed by atoms with van der Waals surface area (Å²) in [5.41, 5.74) is 10.9. The molecular weight excluding hydrogens is 270 g/mol. The molecule has 1 aliphatic heterocycles. The van der Waals surface area contributed by atoms with Gasteiger partial charge in [-0.3, -0.25) is 0 Å². The van der Waals surface area contributed by atoms with Gasteiger partial charge < -0.3 is 16.8 Å². The van der Waals surface area contributed by atoms with Crippen LogP contribution in [0.3, 0.4) is 0 Å². The Morgan fingerprint density at radius 2 is 1.68 bits per heavy atom. The fourth-order valence-electron chi connectivity index (χ4n) is 1.99. The zero-order valence-electron chi connectivity index (χ0n) is 10.6. The third-order valence-corrected chi connectivity index (χ3v) is 4.23. The highest BCUT2D eigenvalue weighted by Crippen LogP contribution is 2.16. The summed E-state index contributed by atoms with van der Waals surface area (Å²) in [6.45, 7) is 0.957. The van der Waals surface area contributed by atoms with E-state index in [-0.39, 0.29) is 17.9 Å². The Morgan fingerprint density at radius 3 is 2.16 bits per heavy atom. The van der Waals surface area contributed by atoms with Gasteiger partial charge in [0.2, 0.25) is 27.9 Å². The van der Waals surface area contributed by atoms with E-state index in [0.29, 0.717) is 31.9 Å². The van der Waals surface area contributed by atoms with Gasteiger partial charge in [0.1, 0.15) is 0 Å². The molecule has 0 aliphatic carbocycles. The van der Waals surface area contributed by atoms with Crippen LogP contribution in [0.5, 0.6) is 0 Å². The second-order valence-corrected chi connectivity index (χ2v) is 6.44. The van der Waals surface area contributed by atoms with Crippen LogP contribution in [0.25, 0.3) is 0 Å². The third kappa shape index (κ3) is 3.64. The average molecular weight is 287 g/mol. The SMILES string of the molecule is CS(=O)(=O)N1CCC(Nc2nc(N)nc(N)n2)CC1. The Kier molecular flexibility index (Phi) is 3.71. The smallest absolute Gasteiger partial charge is 0.229 e. The molecule has 10 heteroatoms. The number of sulfonamides is 1. The Hall–Kier alpha value is -1.68. The van der Waals surface area contributed by atoms with Crippen LogP contribution >= 0.6 is 0 Å². The molecule has 0 bridgehead atoms. The van der Waals surface area contributed by atoms with Gasteiger partial charge in [-0.25, -0.2) is 12.7 Å². The van der Waals surface area contributed by atoms with Crippen molar-refractivity contribution >= 4 is 27.9 Å². The molecule has 0 aromatic carbocycles. The van der Waals surface area contributed by atoms with Gasteiger partial charge >= 0.3 is 0 Å².